The van der Waals surface area contributed by atoms with Crippen molar-refractivity contribution < 1.29 is 13.2 Å². The van der Waals surface area contributed by atoms with E-state index in [9.17, 15) is 13.2 Å². The van der Waals surface area contributed by atoms with E-state index in [4.69, 9.17) is 0 Å². The molecule has 0 radical (unpaired) electrons. The summed E-state index contributed by atoms with van der Waals surface area (Å²) >= 11 is 0. The first kappa shape index (κ1) is 31.5. The van der Waals surface area contributed by atoms with Gasteiger partial charge in [-0.1, -0.05) is 115 Å². The molecular formula is C49H30N2O3S. The van der Waals surface area contributed by atoms with Crippen molar-refractivity contribution >= 4 is 59.2 Å². The lowest BCUT2D eigenvalue weighted by molar-refractivity contribution is 0.103. The van der Waals surface area contributed by atoms with E-state index in [1.165, 1.54) is 21.5 Å². The van der Waals surface area contributed by atoms with E-state index in [0.29, 0.717) is 5.56 Å². The van der Waals surface area contributed by atoms with Crippen molar-refractivity contribution in [3.63, 3.8) is 0 Å². The molecular weight excluding hydrogens is 697 g/mol. The Kier molecular flexibility index (Phi) is 6.72. The first-order chi connectivity index (χ1) is 27.0. The number of benzene rings is 8. The summed E-state index contributed by atoms with van der Waals surface area (Å²) in [5.74, 6) is -0.296. The number of nitrogens with zero attached hydrogens (tertiary/aromatic N) is 2. The largest absolute Gasteiger partial charge is 0.309 e. The molecule has 0 atom stereocenters. The first-order valence-electron chi connectivity index (χ1n) is 18.2. The molecule has 0 saturated carbocycles. The van der Waals surface area contributed by atoms with Crippen molar-refractivity contribution in [3.05, 3.63) is 193 Å². The zero-order chi connectivity index (χ0) is 36.8. The average molecular weight is 727 g/mol. The molecule has 6 heteroatoms. The highest BCUT2D eigenvalue weighted by Gasteiger charge is 2.37. The Morgan fingerprint density at radius 1 is 0.364 bits per heavy atom. The molecule has 3 heterocycles. The fourth-order valence-electron chi connectivity index (χ4n) is 8.59. The normalized spacial score (nSPS) is 13.4. The van der Waals surface area contributed by atoms with Crippen molar-refractivity contribution in [1.82, 2.24) is 9.13 Å². The summed E-state index contributed by atoms with van der Waals surface area (Å²) in [6, 6.07) is 59.8. The number of para-hydroxylation sites is 4. The van der Waals surface area contributed by atoms with E-state index >= 15 is 0 Å². The first-order valence-corrected chi connectivity index (χ1v) is 19.7. The van der Waals surface area contributed by atoms with Gasteiger partial charge in [0, 0.05) is 44.0 Å². The standard InChI is InChI=1S/C49H30N2O3S/c52-49-41-29-24-33(31-20-25-34(26-21-31)50-42-15-5-1-10-37(42)38-11-2-6-16-43(38)50)30-47(41)55(53,54)46-19-9-14-36(48(46)49)32-22-27-35(28-23-32)51-44-17-7-3-12-39(44)40-13-4-8-18-45(40)51/h1-30H. The van der Waals surface area contributed by atoms with Gasteiger partial charge in [0.1, 0.15) is 0 Å². The number of rotatable bonds is 4. The van der Waals surface area contributed by atoms with Gasteiger partial charge in [0.05, 0.1) is 31.9 Å². The Morgan fingerprint density at radius 2 is 0.800 bits per heavy atom. The molecule has 1 aliphatic rings. The van der Waals surface area contributed by atoms with Gasteiger partial charge in [-0.3, -0.25) is 4.79 Å². The zero-order valence-electron chi connectivity index (χ0n) is 29.3. The fourth-order valence-corrected chi connectivity index (χ4v) is 10.3. The summed E-state index contributed by atoms with van der Waals surface area (Å²) in [7, 11) is -4.01. The van der Waals surface area contributed by atoms with Crippen molar-refractivity contribution in [2.75, 3.05) is 0 Å². The Labute approximate surface area is 316 Å². The quantitative estimate of drug-likeness (QED) is 0.181. The summed E-state index contributed by atoms with van der Waals surface area (Å²) in [5.41, 5.74) is 9.77. The molecule has 10 aromatic rings. The van der Waals surface area contributed by atoms with Gasteiger partial charge >= 0.3 is 0 Å². The summed E-state index contributed by atoms with van der Waals surface area (Å²) < 4.78 is 33.2. The van der Waals surface area contributed by atoms with Gasteiger partial charge in [0.2, 0.25) is 9.84 Å². The van der Waals surface area contributed by atoms with Crippen LogP contribution in [0.25, 0.3) is 77.2 Å². The summed E-state index contributed by atoms with van der Waals surface area (Å²) in [4.78, 5) is 14.4. The summed E-state index contributed by atoms with van der Waals surface area (Å²) in [6.45, 7) is 0. The SMILES string of the molecule is O=C1c2ccc(-c3ccc(-n4c5ccccc5c5ccccc54)cc3)cc2S(=O)(=O)c2cccc(-c3ccc(-n4c5ccccc5c5ccccc54)cc3)c21. The van der Waals surface area contributed by atoms with Crippen LogP contribution in [-0.4, -0.2) is 23.3 Å². The van der Waals surface area contributed by atoms with E-state index < -0.39 is 9.84 Å². The Hall–Kier alpha value is -7.02. The topological polar surface area (TPSA) is 61.1 Å². The van der Waals surface area contributed by atoms with Crippen LogP contribution in [0.1, 0.15) is 15.9 Å². The van der Waals surface area contributed by atoms with Crippen LogP contribution in [0.15, 0.2) is 192 Å². The Bertz CT molecular complexity index is 3220. The van der Waals surface area contributed by atoms with Gasteiger partial charge in [-0.15, -0.1) is 0 Å². The highest BCUT2D eigenvalue weighted by molar-refractivity contribution is 7.91. The highest BCUT2D eigenvalue weighted by atomic mass is 32.2. The van der Waals surface area contributed by atoms with Gasteiger partial charge in [-0.2, -0.15) is 0 Å². The number of hydrogen-bond acceptors (Lipinski definition) is 3. The lowest BCUT2D eigenvalue weighted by atomic mass is 9.92. The third-order valence-corrected chi connectivity index (χ3v) is 13.0. The maximum Gasteiger partial charge on any atom is 0.208 e. The zero-order valence-corrected chi connectivity index (χ0v) is 30.2. The van der Waals surface area contributed by atoms with Crippen molar-refractivity contribution in [3.8, 4) is 33.6 Å². The van der Waals surface area contributed by atoms with Gasteiger partial charge < -0.3 is 9.13 Å². The number of sulfone groups is 1. The summed E-state index contributed by atoms with van der Waals surface area (Å²) in [6.07, 6.45) is 0. The smallest absolute Gasteiger partial charge is 0.208 e. The lowest BCUT2D eigenvalue weighted by Gasteiger charge is -2.22. The van der Waals surface area contributed by atoms with Crippen LogP contribution in [0.3, 0.4) is 0 Å². The molecule has 260 valence electrons. The minimum atomic E-state index is -4.01. The van der Waals surface area contributed by atoms with Crippen molar-refractivity contribution in [2.45, 2.75) is 9.79 Å². The highest BCUT2D eigenvalue weighted by Crippen LogP contribution is 2.42. The number of carbonyl (C=O) groups excluding carboxylic acids is 1. The van der Waals surface area contributed by atoms with Crippen LogP contribution >= 0.6 is 0 Å². The maximum atomic E-state index is 14.4. The molecule has 0 saturated heterocycles. The number of ketones is 1. The van der Waals surface area contributed by atoms with Gasteiger partial charge in [-0.25, -0.2) is 8.42 Å². The molecule has 1 aliphatic heterocycles. The third kappa shape index (κ3) is 4.59. The van der Waals surface area contributed by atoms with Gasteiger partial charge in [0.15, 0.2) is 5.78 Å². The molecule has 11 rings (SSSR count). The Morgan fingerprint density at radius 3 is 1.29 bits per heavy atom. The molecule has 0 amide bonds. The van der Waals surface area contributed by atoms with Crippen LogP contribution in [-0.2, 0) is 9.84 Å². The lowest BCUT2D eigenvalue weighted by Crippen LogP contribution is -2.21. The number of aromatic nitrogens is 2. The molecule has 0 spiro atoms. The number of fused-ring (bicyclic) bond motifs is 8. The minimum absolute atomic E-state index is 0.0350. The second-order valence-electron chi connectivity index (χ2n) is 14.1. The van der Waals surface area contributed by atoms with Crippen molar-refractivity contribution in [2.24, 2.45) is 0 Å². The molecule has 0 N–H and O–H groups in total. The molecule has 0 aliphatic carbocycles. The third-order valence-electron chi connectivity index (χ3n) is 11.1. The predicted molar refractivity (Wildman–Crippen MR) is 221 cm³/mol. The molecule has 0 fully saturated rings. The Balaban J connectivity index is 0.958. The van der Waals surface area contributed by atoms with Crippen LogP contribution < -0.4 is 0 Å². The second kappa shape index (κ2) is 11.7. The maximum absolute atomic E-state index is 14.4. The van der Waals surface area contributed by atoms with Gasteiger partial charge in [0.25, 0.3) is 0 Å². The van der Waals surface area contributed by atoms with Crippen LogP contribution in [0, 0.1) is 0 Å². The monoisotopic (exact) mass is 726 g/mol. The molecule has 8 aromatic carbocycles. The molecule has 0 unspecified atom stereocenters. The summed E-state index contributed by atoms with van der Waals surface area (Å²) in [5, 5.41) is 4.72. The van der Waals surface area contributed by atoms with Crippen LogP contribution in [0.5, 0.6) is 0 Å². The van der Waals surface area contributed by atoms with Gasteiger partial charge in [-0.05, 0) is 89.0 Å². The predicted octanol–water partition coefficient (Wildman–Crippen LogP) is 11.6. The molecule has 55 heavy (non-hydrogen) atoms. The minimum Gasteiger partial charge on any atom is -0.309 e. The van der Waals surface area contributed by atoms with Crippen LogP contribution in [0.4, 0.5) is 0 Å². The second-order valence-corrected chi connectivity index (χ2v) is 15.9. The fraction of sp³-hybridized carbons (Fsp3) is 0. The number of carbonyl (C=O) groups is 1. The van der Waals surface area contributed by atoms with E-state index in [0.717, 1.165) is 50.1 Å². The molecule has 5 nitrogen and oxygen atoms in total. The van der Waals surface area contributed by atoms with E-state index in [1.54, 1.807) is 24.3 Å². The van der Waals surface area contributed by atoms with E-state index in [-0.39, 0.29) is 26.7 Å². The van der Waals surface area contributed by atoms with E-state index in [1.807, 2.05) is 72.8 Å². The molecule has 2 aromatic heterocycles. The van der Waals surface area contributed by atoms with E-state index in [2.05, 4.69) is 94.1 Å². The van der Waals surface area contributed by atoms with Crippen LogP contribution in [0.2, 0.25) is 0 Å². The van der Waals surface area contributed by atoms with Crippen molar-refractivity contribution in [1.29, 1.82) is 0 Å². The average Bonchev–Trinajstić information content (AvgIpc) is 3.76. The number of hydrogen-bond donors (Lipinski definition) is 0. The molecule has 0 bridgehead atoms.